The van der Waals surface area contributed by atoms with Crippen LogP contribution in [0.3, 0.4) is 0 Å². The summed E-state index contributed by atoms with van der Waals surface area (Å²) < 4.78 is 38.1. The zero-order valence-electron chi connectivity index (χ0n) is 10.1. The third-order valence-electron chi connectivity index (χ3n) is 2.78. The molecule has 0 atom stereocenters. The van der Waals surface area contributed by atoms with Gasteiger partial charge in [0.1, 0.15) is 11.6 Å². The molecule has 2 rings (SSSR count). The highest BCUT2D eigenvalue weighted by atomic mass is 19.4. The van der Waals surface area contributed by atoms with E-state index in [4.69, 9.17) is 0 Å². The van der Waals surface area contributed by atoms with Crippen LogP contribution in [0.2, 0.25) is 0 Å². The molecule has 0 saturated heterocycles. The Morgan fingerprint density at radius 3 is 2.33 bits per heavy atom. The molecule has 2 N–H and O–H groups in total. The van der Waals surface area contributed by atoms with Gasteiger partial charge in [-0.2, -0.15) is 13.2 Å². The molecule has 0 aromatic carbocycles. The van der Waals surface area contributed by atoms with Crippen LogP contribution in [0.4, 0.5) is 24.8 Å². The number of hydrogen-bond donors (Lipinski definition) is 2. The Hall–Kier alpha value is -1.46. The predicted octanol–water partition coefficient (Wildman–Crippen LogP) is 3.35. The number of anilines is 2. The Morgan fingerprint density at radius 2 is 1.83 bits per heavy atom. The fourth-order valence-electron chi connectivity index (χ4n) is 1.63. The van der Waals surface area contributed by atoms with Crippen LogP contribution >= 0.6 is 0 Å². The lowest BCUT2D eigenvalue weighted by Gasteiger charge is -2.13. The van der Waals surface area contributed by atoms with Gasteiger partial charge in [-0.25, -0.2) is 4.98 Å². The maximum Gasteiger partial charge on any atom is 0.416 e. The number of hydrogen-bond acceptors (Lipinski definition) is 3. The van der Waals surface area contributed by atoms with Crippen molar-refractivity contribution < 1.29 is 13.2 Å². The number of aromatic nitrogens is 1. The van der Waals surface area contributed by atoms with Crippen molar-refractivity contribution in [2.75, 3.05) is 23.7 Å². The zero-order chi connectivity index (χ0) is 13.2. The van der Waals surface area contributed by atoms with Crippen LogP contribution in [0, 0.1) is 5.92 Å². The Morgan fingerprint density at radius 1 is 1.22 bits per heavy atom. The summed E-state index contributed by atoms with van der Waals surface area (Å²) in [6.45, 7) is 3.05. The SMILES string of the molecule is CCNc1cc(C(F)(F)F)cc(NCC2CC2)n1. The quantitative estimate of drug-likeness (QED) is 0.851. The van der Waals surface area contributed by atoms with Crippen LogP contribution in [0.5, 0.6) is 0 Å². The molecule has 1 aromatic rings. The highest BCUT2D eigenvalue weighted by molar-refractivity contribution is 5.49. The molecule has 0 bridgehead atoms. The van der Waals surface area contributed by atoms with Crippen LogP contribution in [0.15, 0.2) is 12.1 Å². The van der Waals surface area contributed by atoms with E-state index in [2.05, 4.69) is 15.6 Å². The third-order valence-corrected chi connectivity index (χ3v) is 2.78. The number of halogens is 3. The van der Waals surface area contributed by atoms with Crippen LogP contribution in [0.1, 0.15) is 25.3 Å². The molecule has 18 heavy (non-hydrogen) atoms. The van der Waals surface area contributed by atoms with Crippen molar-refractivity contribution >= 4 is 11.6 Å². The minimum absolute atomic E-state index is 0.255. The summed E-state index contributed by atoms with van der Waals surface area (Å²) in [6.07, 6.45) is -2.05. The second-order valence-corrected chi connectivity index (χ2v) is 4.48. The second kappa shape index (κ2) is 5.04. The molecule has 1 heterocycles. The van der Waals surface area contributed by atoms with Crippen molar-refractivity contribution in [3.63, 3.8) is 0 Å². The van der Waals surface area contributed by atoms with Gasteiger partial charge in [0.05, 0.1) is 5.56 Å². The third kappa shape index (κ3) is 3.51. The van der Waals surface area contributed by atoms with Crippen LogP contribution in [-0.2, 0) is 6.18 Å². The highest BCUT2D eigenvalue weighted by Crippen LogP contribution is 2.33. The Balaban J connectivity index is 2.17. The molecule has 6 heteroatoms. The van der Waals surface area contributed by atoms with Gasteiger partial charge in [-0.3, -0.25) is 0 Å². The monoisotopic (exact) mass is 259 g/mol. The molecule has 0 unspecified atom stereocenters. The molecule has 1 fully saturated rings. The summed E-state index contributed by atoms with van der Waals surface area (Å²) in [5, 5.41) is 5.78. The topological polar surface area (TPSA) is 37.0 Å². The van der Waals surface area contributed by atoms with E-state index in [9.17, 15) is 13.2 Å². The molecule has 1 saturated carbocycles. The number of nitrogens with zero attached hydrogens (tertiary/aromatic N) is 1. The van der Waals surface area contributed by atoms with Crippen molar-refractivity contribution in [3.8, 4) is 0 Å². The largest absolute Gasteiger partial charge is 0.416 e. The first-order valence-corrected chi connectivity index (χ1v) is 6.06. The standard InChI is InChI=1S/C12H16F3N3/c1-2-16-10-5-9(12(13,14)15)6-11(18-10)17-7-8-3-4-8/h5-6,8H,2-4,7H2,1H3,(H2,16,17,18). The Kier molecular flexibility index (Phi) is 3.63. The number of nitrogens with one attached hydrogen (secondary N) is 2. The van der Waals surface area contributed by atoms with Gasteiger partial charge in [-0.05, 0) is 37.8 Å². The van der Waals surface area contributed by atoms with Gasteiger partial charge >= 0.3 is 6.18 Å². The molecule has 0 aliphatic heterocycles. The summed E-state index contributed by atoms with van der Waals surface area (Å²) >= 11 is 0. The molecular formula is C12H16F3N3. The normalized spacial score (nSPS) is 15.6. The Bertz CT molecular complexity index is 414. The molecule has 1 aliphatic rings. The predicted molar refractivity (Wildman–Crippen MR) is 64.6 cm³/mol. The Labute approximate surface area is 104 Å². The van der Waals surface area contributed by atoms with E-state index in [0.29, 0.717) is 19.0 Å². The van der Waals surface area contributed by atoms with Crippen molar-refractivity contribution in [3.05, 3.63) is 17.7 Å². The molecule has 0 spiro atoms. The molecule has 0 amide bonds. The average molecular weight is 259 g/mol. The summed E-state index contributed by atoms with van der Waals surface area (Å²) in [5.74, 6) is 1.13. The van der Waals surface area contributed by atoms with Crippen molar-refractivity contribution in [1.82, 2.24) is 4.98 Å². The van der Waals surface area contributed by atoms with E-state index >= 15 is 0 Å². The van der Waals surface area contributed by atoms with Gasteiger partial charge in [-0.15, -0.1) is 0 Å². The molecule has 3 nitrogen and oxygen atoms in total. The molecule has 1 aromatic heterocycles. The van der Waals surface area contributed by atoms with Crippen molar-refractivity contribution in [1.29, 1.82) is 0 Å². The summed E-state index contributed by atoms with van der Waals surface area (Å²) in [6, 6.07) is 2.09. The van der Waals surface area contributed by atoms with Crippen LogP contribution in [-0.4, -0.2) is 18.1 Å². The molecule has 0 radical (unpaired) electrons. The van der Waals surface area contributed by atoms with Gasteiger partial charge in [0, 0.05) is 13.1 Å². The fourth-order valence-corrected chi connectivity index (χ4v) is 1.63. The van der Waals surface area contributed by atoms with Crippen LogP contribution in [0.25, 0.3) is 0 Å². The van der Waals surface area contributed by atoms with Crippen molar-refractivity contribution in [2.45, 2.75) is 25.9 Å². The lowest BCUT2D eigenvalue weighted by molar-refractivity contribution is -0.137. The zero-order valence-corrected chi connectivity index (χ0v) is 10.1. The smallest absolute Gasteiger partial charge is 0.370 e. The lowest BCUT2D eigenvalue weighted by Crippen LogP contribution is -2.12. The van der Waals surface area contributed by atoms with E-state index in [1.807, 2.05) is 6.92 Å². The summed E-state index contributed by atoms with van der Waals surface area (Å²) in [4.78, 5) is 4.11. The summed E-state index contributed by atoms with van der Waals surface area (Å²) in [5.41, 5.74) is -0.674. The van der Waals surface area contributed by atoms with Gasteiger partial charge in [0.15, 0.2) is 0 Å². The minimum Gasteiger partial charge on any atom is -0.370 e. The van der Waals surface area contributed by atoms with Crippen molar-refractivity contribution in [2.24, 2.45) is 5.92 Å². The lowest BCUT2D eigenvalue weighted by atomic mass is 10.2. The minimum atomic E-state index is -4.34. The van der Waals surface area contributed by atoms with E-state index in [-0.39, 0.29) is 11.6 Å². The van der Waals surface area contributed by atoms with Gasteiger partial charge in [-0.1, -0.05) is 0 Å². The molecule has 100 valence electrons. The average Bonchev–Trinajstić information content (AvgIpc) is 3.09. The van der Waals surface area contributed by atoms with Gasteiger partial charge < -0.3 is 10.6 Å². The summed E-state index contributed by atoms with van der Waals surface area (Å²) in [7, 11) is 0. The van der Waals surface area contributed by atoms with E-state index in [1.165, 1.54) is 0 Å². The van der Waals surface area contributed by atoms with Crippen LogP contribution < -0.4 is 10.6 Å². The fraction of sp³-hybridized carbons (Fsp3) is 0.583. The number of rotatable bonds is 5. The number of alkyl halides is 3. The van der Waals surface area contributed by atoms with Gasteiger partial charge in [0.2, 0.25) is 0 Å². The first-order chi connectivity index (χ1) is 8.49. The second-order valence-electron chi connectivity index (χ2n) is 4.48. The maximum atomic E-state index is 12.7. The highest BCUT2D eigenvalue weighted by Gasteiger charge is 2.31. The van der Waals surface area contributed by atoms with Gasteiger partial charge in [0.25, 0.3) is 0 Å². The molecule has 1 aliphatic carbocycles. The number of pyridine rings is 1. The van der Waals surface area contributed by atoms with E-state index < -0.39 is 11.7 Å². The first-order valence-electron chi connectivity index (χ1n) is 6.06. The molecular weight excluding hydrogens is 243 g/mol. The maximum absolute atomic E-state index is 12.7. The first kappa shape index (κ1) is 13.0. The van der Waals surface area contributed by atoms with E-state index in [0.717, 1.165) is 25.0 Å². The van der Waals surface area contributed by atoms with E-state index in [1.54, 1.807) is 0 Å².